The quantitative estimate of drug-likeness (QED) is 0.349. The zero-order chi connectivity index (χ0) is 26.7. The van der Waals surface area contributed by atoms with Gasteiger partial charge in [-0.05, 0) is 41.0 Å². The van der Waals surface area contributed by atoms with Gasteiger partial charge in [0.1, 0.15) is 23.9 Å². The van der Waals surface area contributed by atoms with E-state index in [1.54, 1.807) is 23.5 Å². The van der Waals surface area contributed by atoms with E-state index in [9.17, 15) is 45.0 Å². The molecule has 0 radical (unpaired) electrons. The number of halogens is 8. The van der Waals surface area contributed by atoms with Crippen molar-refractivity contribution in [2.24, 2.45) is 0 Å². The topological polar surface area (TPSA) is 61.4 Å². The van der Waals surface area contributed by atoms with Gasteiger partial charge in [-0.15, -0.1) is 0 Å². The number of benzene rings is 3. The van der Waals surface area contributed by atoms with Crippen LogP contribution in [0.3, 0.4) is 0 Å². The number of rotatable bonds is 6. The molecular weight excluding hydrogens is 500 g/mol. The van der Waals surface area contributed by atoms with Crippen LogP contribution < -0.4 is 10.6 Å². The van der Waals surface area contributed by atoms with Gasteiger partial charge in [0.15, 0.2) is 0 Å². The number of amides is 2. The molecule has 0 aliphatic heterocycles. The number of phenols is 1. The first-order chi connectivity index (χ1) is 16.7. The van der Waals surface area contributed by atoms with E-state index in [2.05, 4.69) is 5.32 Å². The summed E-state index contributed by atoms with van der Waals surface area (Å²) in [5.41, 5.74) is -4.24. The summed E-state index contributed by atoms with van der Waals surface area (Å²) in [7, 11) is 0. The highest BCUT2D eigenvalue weighted by atomic mass is 19.4. The smallest absolute Gasteiger partial charge is 0.419 e. The highest BCUT2D eigenvalue weighted by molar-refractivity contribution is 5.76. The summed E-state index contributed by atoms with van der Waals surface area (Å²) in [6.45, 7) is -1.77. The predicted octanol–water partition coefficient (Wildman–Crippen LogP) is 6.04. The number of nitrogens with one attached hydrogen (secondary N) is 2. The first-order valence-corrected chi connectivity index (χ1v) is 10.2. The zero-order valence-electron chi connectivity index (χ0n) is 18.1. The van der Waals surface area contributed by atoms with Crippen LogP contribution in [0.25, 0.3) is 0 Å². The van der Waals surface area contributed by atoms with Gasteiger partial charge >= 0.3 is 18.4 Å². The van der Waals surface area contributed by atoms with Crippen molar-refractivity contribution in [3.05, 3.63) is 101 Å². The zero-order valence-corrected chi connectivity index (χ0v) is 18.1. The van der Waals surface area contributed by atoms with E-state index < -0.39 is 65.4 Å². The van der Waals surface area contributed by atoms with Crippen LogP contribution in [0.1, 0.15) is 22.3 Å². The highest BCUT2D eigenvalue weighted by Crippen LogP contribution is 2.39. The Kier molecular flexibility index (Phi) is 7.46. The Morgan fingerprint density at radius 1 is 0.833 bits per heavy atom. The molecule has 0 aliphatic rings. The molecule has 12 heteroatoms. The number of hydrogen-bond donors (Lipinski definition) is 3. The fourth-order valence-electron chi connectivity index (χ4n) is 3.71. The fraction of sp³-hybridized carbons (Fsp3) is 0.208. The van der Waals surface area contributed by atoms with Crippen LogP contribution in [0.5, 0.6) is 5.75 Å². The van der Waals surface area contributed by atoms with Gasteiger partial charge in [0.25, 0.3) is 0 Å². The number of urea groups is 1. The van der Waals surface area contributed by atoms with Crippen molar-refractivity contribution < 1.29 is 45.0 Å². The lowest BCUT2D eigenvalue weighted by Crippen LogP contribution is -2.53. The van der Waals surface area contributed by atoms with E-state index in [4.69, 9.17) is 0 Å². The minimum atomic E-state index is -5.17. The number of phenolic OH excluding ortho intramolecular Hbond substituents is 1. The van der Waals surface area contributed by atoms with E-state index in [0.29, 0.717) is 23.8 Å². The van der Waals surface area contributed by atoms with Crippen molar-refractivity contribution in [2.45, 2.75) is 24.3 Å². The van der Waals surface area contributed by atoms with Gasteiger partial charge in [-0.1, -0.05) is 36.4 Å². The lowest BCUT2D eigenvalue weighted by molar-refractivity contribution is -0.140. The Labute approximate surface area is 199 Å². The molecule has 0 heterocycles. The number of alkyl halides is 6. The molecule has 36 heavy (non-hydrogen) atoms. The monoisotopic (exact) mass is 518 g/mol. The predicted molar refractivity (Wildman–Crippen MR) is 113 cm³/mol. The number of carbonyl (C=O) groups is 1. The van der Waals surface area contributed by atoms with E-state index in [0.717, 1.165) is 18.2 Å². The standard InChI is InChI=1S/C24H18F8N2O2/c25-17-8-16(9-18(35)11-17)22(12-14-4-2-1-3-5-14,34-21(36)33-13-23(27,28)29)15-6-7-20(26)19(10-15)24(30,31)32/h1-11,35H,12-13H2,(H2,33,34,36)/t22-/m1/s1. The van der Waals surface area contributed by atoms with E-state index in [-0.39, 0.29) is 5.56 Å². The van der Waals surface area contributed by atoms with Crippen LogP contribution in [0, 0.1) is 11.6 Å². The highest BCUT2D eigenvalue weighted by Gasteiger charge is 2.41. The van der Waals surface area contributed by atoms with Gasteiger partial charge in [0.05, 0.1) is 11.1 Å². The summed E-state index contributed by atoms with van der Waals surface area (Å²) in [4.78, 5) is 12.6. The molecule has 4 nitrogen and oxygen atoms in total. The lowest BCUT2D eigenvalue weighted by atomic mass is 9.77. The summed E-state index contributed by atoms with van der Waals surface area (Å²) in [6, 6.07) is 10.5. The largest absolute Gasteiger partial charge is 0.508 e. The number of hydrogen-bond acceptors (Lipinski definition) is 2. The van der Waals surface area contributed by atoms with Crippen molar-refractivity contribution in [3.8, 4) is 5.75 Å². The summed E-state index contributed by atoms with van der Waals surface area (Å²) in [5.74, 6) is -3.35. The fourth-order valence-corrected chi connectivity index (χ4v) is 3.71. The summed E-state index contributed by atoms with van der Waals surface area (Å²) >= 11 is 0. The minimum Gasteiger partial charge on any atom is -0.508 e. The van der Waals surface area contributed by atoms with Crippen LogP contribution in [0.4, 0.5) is 39.9 Å². The molecule has 192 valence electrons. The molecule has 0 spiro atoms. The summed E-state index contributed by atoms with van der Waals surface area (Å²) < 4.78 is 107. The second kappa shape index (κ2) is 10.0. The van der Waals surface area contributed by atoms with Gasteiger partial charge in [0, 0.05) is 12.5 Å². The molecule has 1 atom stereocenters. The third-order valence-corrected chi connectivity index (χ3v) is 5.23. The Balaban J connectivity index is 2.28. The van der Waals surface area contributed by atoms with Gasteiger partial charge in [-0.3, -0.25) is 0 Å². The summed E-state index contributed by atoms with van der Waals surface area (Å²) in [5, 5.41) is 13.8. The maximum Gasteiger partial charge on any atom is 0.419 e. The molecule has 0 fully saturated rings. The second-order valence-corrected chi connectivity index (χ2v) is 7.88. The molecule has 0 saturated carbocycles. The molecule has 0 aliphatic carbocycles. The lowest BCUT2D eigenvalue weighted by Gasteiger charge is -2.37. The van der Waals surface area contributed by atoms with Gasteiger partial charge < -0.3 is 15.7 Å². The first-order valence-electron chi connectivity index (χ1n) is 10.2. The minimum absolute atomic E-state index is 0.300. The molecule has 0 saturated heterocycles. The Morgan fingerprint density at radius 3 is 2.08 bits per heavy atom. The summed E-state index contributed by atoms with van der Waals surface area (Å²) in [6.07, 6.45) is -10.4. The SMILES string of the molecule is O=C(NCC(F)(F)F)N[C@@](Cc1ccccc1)(c1cc(O)cc(F)c1)c1ccc(F)c(C(F)(F)F)c1. The van der Waals surface area contributed by atoms with Crippen LogP contribution in [0.15, 0.2) is 66.7 Å². The second-order valence-electron chi connectivity index (χ2n) is 7.88. The van der Waals surface area contributed by atoms with Crippen molar-refractivity contribution in [1.82, 2.24) is 10.6 Å². The van der Waals surface area contributed by atoms with Crippen molar-refractivity contribution in [3.63, 3.8) is 0 Å². The van der Waals surface area contributed by atoms with E-state index in [1.807, 2.05) is 0 Å². The maximum absolute atomic E-state index is 14.3. The third kappa shape index (κ3) is 6.43. The van der Waals surface area contributed by atoms with Gasteiger partial charge in [-0.25, -0.2) is 13.6 Å². The van der Waals surface area contributed by atoms with E-state index >= 15 is 0 Å². The van der Waals surface area contributed by atoms with Crippen molar-refractivity contribution >= 4 is 6.03 Å². The average molecular weight is 518 g/mol. The molecule has 0 aromatic heterocycles. The molecule has 2 amide bonds. The van der Waals surface area contributed by atoms with Gasteiger partial charge in [0.2, 0.25) is 0 Å². The maximum atomic E-state index is 14.3. The van der Waals surface area contributed by atoms with Crippen LogP contribution >= 0.6 is 0 Å². The Hall–Kier alpha value is -3.83. The van der Waals surface area contributed by atoms with Crippen LogP contribution in [-0.4, -0.2) is 23.9 Å². The molecule has 0 bridgehead atoms. The number of aromatic hydroxyl groups is 1. The molecule has 0 unspecified atom stereocenters. The van der Waals surface area contributed by atoms with Crippen LogP contribution in [0.2, 0.25) is 0 Å². The van der Waals surface area contributed by atoms with Crippen molar-refractivity contribution in [2.75, 3.05) is 6.54 Å². The molecule has 3 rings (SSSR count). The van der Waals surface area contributed by atoms with Crippen LogP contribution in [-0.2, 0) is 18.1 Å². The third-order valence-electron chi connectivity index (χ3n) is 5.23. The average Bonchev–Trinajstić information content (AvgIpc) is 2.76. The van der Waals surface area contributed by atoms with Gasteiger partial charge in [-0.2, -0.15) is 26.3 Å². The van der Waals surface area contributed by atoms with E-state index in [1.165, 1.54) is 12.1 Å². The van der Waals surface area contributed by atoms with Crippen molar-refractivity contribution in [1.29, 1.82) is 0 Å². The molecule has 3 aromatic carbocycles. The first kappa shape index (κ1) is 26.8. The normalized spacial score (nSPS) is 13.7. The molecule has 3 aromatic rings. The number of carbonyl (C=O) groups excluding carboxylic acids is 1. The molecular formula is C24H18F8N2O2. The Bertz CT molecular complexity index is 1210. The molecule has 3 N–H and O–H groups in total. The Morgan fingerprint density at radius 2 is 1.50 bits per heavy atom.